The fourth-order valence-corrected chi connectivity index (χ4v) is 3.90. The molecule has 0 aromatic carbocycles. The van der Waals surface area contributed by atoms with Crippen LogP contribution in [0.5, 0.6) is 0 Å². The van der Waals surface area contributed by atoms with Crippen LogP contribution in [0.2, 0.25) is 0 Å². The highest BCUT2D eigenvalue weighted by Crippen LogP contribution is 2.34. The Morgan fingerprint density at radius 3 is 2.77 bits per heavy atom. The summed E-state index contributed by atoms with van der Waals surface area (Å²) in [6.07, 6.45) is 4.76. The van der Waals surface area contributed by atoms with E-state index in [2.05, 4.69) is 46.3 Å². The van der Waals surface area contributed by atoms with Crippen LogP contribution >= 0.6 is 0 Å². The maximum absolute atomic E-state index is 11.5. The third kappa shape index (κ3) is 2.87. The van der Waals surface area contributed by atoms with E-state index in [9.17, 15) is 4.79 Å². The molecule has 4 rings (SSSR count). The number of hydrogen-bond donors (Lipinski definition) is 2. The van der Waals surface area contributed by atoms with Crippen LogP contribution in [0.25, 0.3) is 11.0 Å². The van der Waals surface area contributed by atoms with Gasteiger partial charge in [0.1, 0.15) is 12.1 Å². The molecular weight excluding hydrogens is 330 g/mol. The highest BCUT2D eigenvalue weighted by atomic mass is 16.2. The molecule has 8 nitrogen and oxygen atoms in total. The van der Waals surface area contributed by atoms with Gasteiger partial charge < -0.3 is 15.5 Å². The lowest BCUT2D eigenvalue weighted by atomic mass is 9.90. The number of carbonyl (C=O) groups is 1. The van der Waals surface area contributed by atoms with Gasteiger partial charge >= 0.3 is 6.03 Å². The highest BCUT2D eigenvalue weighted by molar-refractivity contribution is 5.91. The van der Waals surface area contributed by atoms with E-state index in [4.69, 9.17) is 5.10 Å². The number of rotatable bonds is 6. The number of aromatic nitrogens is 4. The molecule has 0 bridgehead atoms. The van der Waals surface area contributed by atoms with Crippen LogP contribution in [0.4, 0.5) is 10.6 Å². The smallest absolute Gasteiger partial charge is 0.315 e. The summed E-state index contributed by atoms with van der Waals surface area (Å²) in [6.45, 7) is 9.68. The minimum atomic E-state index is -0.162. The Kier molecular flexibility index (Phi) is 4.20. The molecule has 0 radical (unpaired) electrons. The number of anilines is 1. The van der Waals surface area contributed by atoms with Crippen molar-refractivity contribution in [2.45, 2.75) is 52.1 Å². The van der Waals surface area contributed by atoms with Crippen LogP contribution < -0.4 is 15.5 Å². The van der Waals surface area contributed by atoms with Crippen LogP contribution in [0.3, 0.4) is 0 Å². The number of carbonyl (C=O) groups excluding carboxylic acids is 1. The standard InChI is InChI=1S/C18H27N7O/c1-4-5-6-25-16-14(13(23-25)7-12(2)3)15(20-11-21-16)24-9-18(10-24)8-19-17(26)22-18/h11-12H,4-10H2,1-3H3,(H2,19,22,26). The minimum Gasteiger partial charge on any atom is -0.351 e. The van der Waals surface area contributed by atoms with Crippen molar-refractivity contribution in [2.24, 2.45) is 5.92 Å². The van der Waals surface area contributed by atoms with E-state index in [-0.39, 0.29) is 11.6 Å². The first-order valence-electron chi connectivity index (χ1n) is 9.53. The molecule has 2 N–H and O–H groups in total. The van der Waals surface area contributed by atoms with Crippen molar-refractivity contribution in [2.75, 3.05) is 24.5 Å². The van der Waals surface area contributed by atoms with Gasteiger partial charge in [-0.15, -0.1) is 0 Å². The van der Waals surface area contributed by atoms with E-state index in [0.717, 1.165) is 61.4 Å². The Balaban J connectivity index is 1.68. The van der Waals surface area contributed by atoms with Gasteiger partial charge in [0.2, 0.25) is 0 Å². The lowest BCUT2D eigenvalue weighted by Gasteiger charge is -2.47. The Morgan fingerprint density at radius 1 is 1.31 bits per heavy atom. The van der Waals surface area contributed by atoms with Crippen molar-refractivity contribution in [3.63, 3.8) is 0 Å². The second kappa shape index (κ2) is 6.41. The van der Waals surface area contributed by atoms with Gasteiger partial charge in [-0.05, 0) is 18.8 Å². The van der Waals surface area contributed by atoms with Gasteiger partial charge in [-0.3, -0.25) is 0 Å². The summed E-state index contributed by atoms with van der Waals surface area (Å²) in [5.74, 6) is 1.46. The van der Waals surface area contributed by atoms with E-state index in [1.54, 1.807) is 6.33 Å². The van der Waals surface area contributed by atoms with Crippen molar-refractivity contribution in [3.05, 3.63) is 12.0 Å². The number of unbranched alkanes of at least 4 members (excludes halogenated alkanes) is 1. The molecule has 140 valence electrons. The predicted octanol–water partition coefficient (Wildman–Crippen LogP) is 1.70. The van der Waals surface area contributed by atoms with Gasteiger partial charge in [0.15, 0.2) is 5.65 Å². The number of hydrogen-bond acceptors (Lipinski definition) is 5. The van der Waals surface area contributed by atoms with Crippen molar-refractivity contribution in [1.29, 1.82) is 0 Å². The zero-order valence-electron chi connectivity index (χ0n) is 15.7. The molecule has 26 heavy (non-hydrogen) atoms. The van der Waals surface area contributed by atoms with E-state index in [1.165, 1.54) is 0 Å². The van der Waals surface area contributed by atoms with Crippen LogP contribution in [-0.2, 0) is 13.0 Å². The molecule has 0 aliphatic carbocycles. The maximum Gasteiger partial charge on any atom is 0.315 e. The zero-order valence-corrected chi connectivity index (χ0v) is 15.7. The lowest BCUT2D eigenvalue weighted by molar-refractivity contribution is 0.240. The topological polar surface area (TPSA) is 88.0 Å². The number of fused-ring (bicyclic) bond motifs is 1. The van der Waals surface area contributed by atoms with Gasteiger partial charge in [-0.2, -0.15) is 5.10 Å². The van der Waals surface area contributed by atoms with Crippen LogP contribution in [0.1, 0.15) is 39.3 Å². The number of urea groups is 1. The van der Waals surface area contributed by atoms with Crippen molar-refractivity contribution < 1.29 is 4.79 Å². The van der Waals surface area contributed by atoms with E-state index < -0.39 is 0 Å². The Labute approximate surface area is 153 Å². The predicted molar refractivity (Wildman–Crippen MR) is 100 cm³/mol. The first-order chi connectivity index (χ1) is 12.5. The molecule has 0 atom stereocenters. The summed E-state index contributed by atoms with van der Waals surface area (Å²) in [6, 6.07) is -0.0784. The first kappa shape index (κ1) is 17.1. The molecule has 2 amide bonds. The monoisotopic (exact) mass is 357 g/mol. The number of nitrogens with zero attached hydrogens (tertiary/aromatic N) is 5. The number of aryl methyl sites for hydroxylation is 1. The lowest BCUT2D eigenvalue weighted by Crippen LogP contribution is -2.69. The summed E-state index contributed by atoms with van der Waals surface area (Å²) in [5, 5.41) is 11.8. The fourth-order valence-electron chi connectivity index (χ4n) is 3.90. The molecule has 8 heteroatoms. The average Bonchev–Trinajstić information content (AvgIpc) is 3.12. The maximum atomic E-state index is 11.5. The van der Waals surface area contributed by atoms with Gasteiger partial charge in [0.25, 0.3) is 0 Å². The summed E-state index contributed by atoms with van der Waals surface area (Å²) >= 11 is 0. The summed E-state index contributed by atoms with van der Waals surface area (Å²) in [4.78, 5) is 22.9. The molecule has 1 spiro atoms. The van der Waals surface area contributed by atoms with E-state index >= 15 is 0 Å². The largest absolute Gasteiger partial charge is 0.351 e. The summed E-state index contributed by atoms with van der Waals surface area (Å²) in [5.41, 5.74) is 1.84. The van der Waals surface area contributed by atoms with E-state index in [0.29, 0.717) is 12.5 Å². The SMILES string of the molecule is CCCCn1nc(CC(C)C)c2c(N3CC4(CNC(=O)N4)C3)ncnc21. The molecular formula is C18H27N7O. The normalized spacial score (nSPS) is 18.5. The zero-order chi connectivity index (χ0) is 18.3. The van der Waals surface area contributed by atoms with Crippen LogP contribution in [0, 0.1) is 5.92 Å². The van der Waals surface area contributed by atoms with Gasteiger partial charge in [-0.25, -0.2) is 19.4 Å². The molecule has 2 fully saturated rings. The molecule has 2 saturated heterocycles. The summed E-state index contributed by atoms with van der Waals surface area (Å²) < 4.78 is 2.04. The minimum absolute atomic E-state index is 0.0784. The molecule has 2 aromatic heterocycles. The van der Waals surface area contributed by atoms with Gasteiger partial charge in [-0.1, -0.05) is 27.2 Å². The molecule has 2 aromatic rings. The molecule has 2 aliphatic rings. The first-order valence-corrected chi connectivity index (χ1v) is 9.53. The molecule has 2 aliphatic heterocycles. The highest BCUT2D eigenvalue weighted by Gasteiger charge is 2.49. The third-order valence-corrected chi connectivity index (χ3v) is 5.16. The van der Waals surface area contributed by atoms with Crippen LogP contribution in [-0.4, -0.2) is 51.0 Å². The quantitative estimate of drug-likeness (QED) is 0.821. The summed E-state index contributed by atoms with van der Waals surface area (Å²) in [7, 11) is 0. The second-order valence-electron chi connectivity index (χ2n) is 7.96. The Hall–Kier alpha value is -2.38. The van der Waals surface area contributed by atoms with E-state index in [1.807, 2.05) is 4.68 Å². The second-order valence-corrected chi connectivity index (χ2v) is 7.96. The fraction of sp³-hybridized carbons (Fsp3) is 0.667. The number of amides is 2. The molecule has 4 heterocycles. The van der Waals surface area contributed by atoms with Gasteiger partial charge in [0, 0.05) is 26.2 Å². The van der Waals surface area contributed by atoms with Crippen LogP contribution in [0.15, 0.2) is 6.33 Å². The molecule has 0 unspecified atom stereocenters. The third-order valence-electron chi connectivity index (χ3n) is 5.16. The van der Waals surface area contributed by atoms with Crippen molar-refractivity contribution in [1.82, 2.24) is 30.4 Å². The van der Waals surface area contributed by atoms with Crippen molar-refractivity contribution in [3.8, 4) is 0 Å². The van der Waals surface area contributed by atoms with Gasteiger partial charge in [0.05, 0.1) is 16.6 Å². The number of nitrogens with one attached hydrogen (secondary N) is 2. The molecule has 0 saturated carbocycles. The Morgan fingerprint density at radius 2 is 2.12 bits per heavy atom. The average molecular weight is 357 g/mol. The Bertz CT molecular complexity index is 822. The van der Waals surface area contributed by atoms with Crippen molar-refractivity contribution >= 4 is 22.9 Å².